The minimum atomic E-state index is -1.75. The fraction of sp³-hybridized carbons (Fsp3) is 0. The van der Waals surface area contributed by atoms with E-state index in [2.05, 4.69) is 273 Å². The molecule has 9 aromatic carbocycles. The van der Waals surface area contributed by atoms with Gasteiger partial charge in [0.05, 0.1) is 0 Å². The van der Waals surface area contributed by atoms with E-state index in [1.54, 1.807) is 0 Å². The molecule has 0 unspecified atom stereocenters. The Balaban J connectivity index is 0.000000146. The van der Waals surface area contributed by atoms with Crippen LogP contribution < -0.4 is 39.2 Å². The molecule has 0 spiro atoms. The van der Waals surface area contributed by atoms with Crippen molar-refractivity contribution in [2.75, 3.05) is 0 Å². The van der Waals surface area contributed by atoms with Crippen LogP contribution in [0.3, 0.4) is 0 Å². The van der Waals surface area contributed by atoms with Crippen molar-refractivity contribution in [3.63, 3.8) is 0 Å². The van der Waals surface area contributed by atoms with E-state index < -0.39 is 56.9 Å². The van der Waals surface area contributed by atoms with Crippen LogP contribution in [-0.4, -0.2) is 44.0 Å². The molecule has 0 saturated heterocycles. The third kappa shape index (κ3) is 15.2. The third-order valence-electron chi connectivity index (χ3n) is 9.13. The van der Waals surface area contributed by atoms with Gasteiger partial charge in [-0.15, -0.1) is 0 Å². The molecule has 0 N–H and O–H groups in total. The van der Waals surface area contributed by atoms with E-state index in [1.165, 1.54) is 39.2 Å². The van der Waals surface area contributed by atoms with Crippen molar-refractivity contribution >= 4 is 112 Å². The van der Waals surface area contributed by atoms with Crippen molar-refractivity contribution in [3.05, 3.63) is 273 Å². The van der Waals surface area contributed by atoms with Crippen LogP contribution in [0.25, 0.3) is 0 Å². The molecular weight excluding hydrogens is 1080 g/mol. The summed E-state index contributed by atoms with van der Waals surface area (Å²) in [6, 6.07) is 98.1. The molecule has 0 aliphatic carbocycles. The van der Waals surface area contributed by atoms with Gasteiger partial charge in [0.25, 0.3) is 0 Å². The van der Waals surface area contributed by atoms with Gasteiger partial charge < -0.3 is 0 Å². The molecule has 0 bridgehead atoms. The molecule has 0 fully saturated rings. The summed E-state index contributed by atoms with van der Waals surface area (Å²) in [5, 5.41) is 0. The number of hydrogen-bond donors (Lipinski definition) is 0. The summed E-state index contributed by atoms with van der Waals surface area (Å²) >= 11 is -5.92. The molecule has 305 valence electrons. The summed E-state index contributed by atoms with van der Waals surface area (Å²) in [6.07, 6.45) is 0. The van der Waals surface area contributed by atoms with E-state index in [0.717, 1.165) is 0 Å². The van der Waals surface area contributed by atoms with Gasteiger partial charge in [0.1, 0.15) is 0 Å². The van der Waals surface area contributed by atoms with Gasteiger partial charge in [-0.05, 0) is 0 Å². The fourth-order valence-corrected chi connectivity index (χ4v) is 21.0. The van der Waals surface area contributed by atoms with Crippen molar-refractivity contribution in [3.8, 4) is 0 Å². The normalized spacial score (nSPS) is 10.6. The molecule has 61 heavy (non-hydrogen) atoms. The zero-order valence-corrected chi connectivity index (χ0v) is 42.9. The molecule has 0 amide bonds. The first kappa shape index (κ1) is 46.6. The topological polar surface area (TPSA) is 0 Å². The summed E-state index contributed by atoms with van der Waals surface area (Å²) in [5.41, 5.74) is 0. The zero-order chi connectivity index (χ0) is 42.3. The maximum atomic E-state index is 4.95. The molecule has 0 heterocycles. The van der Waals surface area contributed by atoms with Gasteiger partial charge in [-0.1, -0.05) is 0 Å². The Bertz CT molecular complexity index is 1930. The Hall–Kier alpha value is -3.85. The fourth-order valence-electron chi connectivity index (χ4n) is 6.54. The van der Waals surface area contributed by atoms with Crippen LogP contribution in [0.4, 0.5) is 0 Å². The molecule has 9 aromatic rings. The molecule has 9 rings (SSSR count). The van der Waals surface area contributed by atoms with Gasteiger partial charge in [0.2, 0.25) is 0 Å². The Morgan fingerprint density at radius 3 is 0.344 bits per heavy atom. The zero-order valence-electron chi connectivity index (χ0n) is 33.3. The second-order valence-corrected chi connectivity index (χ2v) is 35.1. The van der Waals surface area contributed by atoms with Crippen molar-refractivity contribution in [1.29, 1.82) is 0 Å². The van der Waals surface area contributed by atoms with Gasteiger partial charge >= 0.3 is 398 Å². The van der Waals surface area contributed by atoms with Gasteiger partial charge in [0, 0.05) is 0 Å². The Morgan fingerprint density at radius 2 is 0.262 bits per heavy atom. The van der Waals surface area contributed by atoms with Crippen molar-refractivity contribution in [2.24, 2.45) is 0 Å². The quantitative estimate of drug-likeness (QED) is 0.127. The second kappa shape index (κ2) is 26.6. The van der Waals surface area contributed by atoms with E-state index in [-0.39, 0.29) is 0 Å². The van der Waals surface area contributed by atoms with Gasteiger partial charge in [-0.3, -0.25) is 0 Å². The van der Waals surface area contributed by atoms with Crippen LogP contribution in [-0.2, 0) is 13.0 Å². The van der Waals surface area contributed by atoms with Gasteiger partial charge in [0.15, 0.2) is 0 Å². The molecule has 0 nitrogen and oxygen atoms in total. The molecule has 0 radical (unpaired) electrons. The van der Waals surface area contributed by atoms with Gasteiger partial charge in [-0.25, -0.2) is 0 Å². The predicted octanol–water partition coefficient (Wildman–Crippen LogP) is 8.67. The van der Waals surface area contributed by atoms with E-state index in [9.17, 15) is 0 Å². The molecule has 7 heteroatoms. The Labute approximate surface area is 394 Å². The van der Waals surface area contributed by atoms with E-state index in [1.807, 2.05) is 0 Å². The number of rotatable bonds is 9. The molecular formula is C54H45As3Cl3Ru. The van der Waals surface area contributed by atoms with Crippen LogP contribution in [0.5, 0.6) is 0 Å². The van der Waals surface area contributed by atoms with Crippen LogP contribution in [0, 0.1) is 0 Å². The van der Waals surface area contributed by atoms with Crippen LogP contribution in [0.1, 0.15) is 0 Å². The van der Waals surface area contributed by atoms with Crippen molar-refractivity contribution in [2.45, 2.75) is 0 Å². The molecule has 0 aromatic heterocycles. The molecule has 0 aliphatic rings. The van der Waals surface area contributed by atoms with Crippen LogP contribution >= 0.6 is 29.1 Å². The SMILES string of the molecule is [Cl][Ru]([Cl])[Cl].c1ccc([As](c2ccccc2)c2ccccc2)cc1.c1ccc([As](c2ccccc2)c2ccccc2)cc1.c1ccc([As](c2ccccc2)c2ccccc2)cc1. The van der Waals surface area contributed by atoms with Crippen molar-refractivity contribution < 1.29 is 13.0 Å². The summed E-state index contributed by atoms with van der Waals surface area (Å²) in [5.74, 6) is 0. The third-order valence-corrected chi connectivity index (χ3v) is 24.5. The summed E-state index contributed by atoms with van der Waals surface area (Å²) in [7, 11) is 14.8. The first-order chi connectivity index (χ1) is 30.1. The number of hydrogen-bond acceptors (Lipinski definition) is 0. The van der Waals surface area contributed by atoms with E-state index >= 15 is 0 Å². The summed E-state index contributed by atoms with van der Waals surface area (Å²) < 4.78 is 13.3. The van der Waals surface area contributed by atoms with Crippen LogP contribution in [0.2, 0.25) is 0 Å². The molecule has 0 atom stereocenters. The number of benzene rings is 9. The molecule has 0 saturated carbocycles. The van der Waals surface area contributed by atoms with Gasteiger partial charge in [-0.2, -0.15) is 0 Å². The van der Waals surface area contributed by atoms with E-state index in [4.69, 9.17) is 29.1 Å². The Kier molecular flexibility index (Phi) is 20.3. The first-order valence-electron chi connectivity index (χ1n) is 19.6. The van der Waals surface area contributed by atoms with E-state index in [0.29, 0.717) is 0 Å². The summed E-state index contributed by atoms with van der Waals surface area (Å²) in [4.78, 5) is 0. The maximum absolute atomic E-state index is 4.95. The summed E-state index contributed by atoms with van der Waals surface area (Å²) in [6.45, 7) is 0. The number of halogens is 3. The minimum absolute atomic E-state index is 1.39. The van der Waals surface area contributed by atoms with Crippen molar-refractivity contribution in [1.82, 2.24) is 0 Å². The predicted molar refractivity (Wildman–Crippen MR) is 270 cm³/mol. The first-order valence-corrected chi connectivity index (χ1v) is 34.8. The van der Waals surface area contributed by atoms with Crippen LogP contribution in [0.15, 0.2) is 273 Å². The Morgan fingerprint density at radius 1 is 0.180 bits per heavy atom. The average molecular weight is 1130 g/mol. The molecule has 0 aliphatic heterocycles. The standard InChI is InChI=1S/3C18H15As.3ClH.Ru/c3*1-4-10-16(11-5-1)19(17-12-6-2-7-13-17)18-14-8-3-9-15-18;;;;/h3*1-15H;3*1H;/q;;;;;;+3/p-3. The average Bonchev–Trinajstić information content (AvgIpc) is 3.33. The monoisotopic (exact) mass is 1120 g/mol. The second-order valence-electron chi connectivity index (χ2n) is 13.2.